The van der Waals surface area contributed by atoms with Crippen LogP contribution in [0.1, 0.15) is 27.9 Å². The second kappa shape index (κ2) is 7.29. The normalized spacial score (nSPS) is 13.1. The van der Waals surface area contributed by atoms with Crippen LogP contribution in [-0.2, 0) is 13.0 Å². The Morgan fingerprint density at radius 2 is 2.04 bits per heavy atom. The SMILES string of the molecule is O=C(O)c1cccc(CNCCCN2CCc3ccccc32)c1. The summed E-state index contributed by atoms with van der Waals surface area (Å²) in [6, 6.07) is 15.7. The Morgan fingerprint density at radius 1 is 1.17 bits per heavy atom. The minimum Gasteiger partial charge on any atom is -0.478 e. The number of anilines is 1. The summed E-state index contributed by atoms with van der Waals surface area (Å²) in [7, 11) is 0. The number of carbonyl (C=O) groups is 1. The summed E-state index contributed by atoms with van der Waals surface area (Å²) in [6.45, 7) is 3.80. The molecule has 0 radical (unpaired) electrons. The Balaban J connectivity index is 1.41. The first-order valence-corrected chi connectivity index (χ1v) is 8.10. The van der Waals surface area contributed by atoms with Crippen molar-refractivity contribution in [1.29, 1.82) is 0 Å². The highest BCUT2D eigenvalue weighted by Gasteiger charge is 2.17. The van der Waals surface area contributed by atoms with Gasteiger partial charge in [0.25, 0.3) is 0 Å². The van der Waals surface area contributed by atoms with Crippen LogP contribution >= 0.6 is 0 Å². The van der Waals surface area contributed by atoms with E-state index in [2.05, 4.69) is 34.5 Å². The molecule has 120 valence electrons. The van der Waals surface area contributed by atoms with E-state index in [-0.39, 0.29) is 0 Å². The van der Waals surface area contributed by atoms with Gasteiger partial charge in [0.2, 0.25) is 0 Å². The van der Waals surface area contributed by atoms with Gasteiger partial charge in [0, 0.05) is 25.3 Å². The van der Waals surface area contributed by atoms with Gasteiger partial charge in [0.1, 0.15) is 0 Å². The average Bonchev–Trinajstić information content (AvgIpc) is 2.98. The first kappa shape index (κ1) is 15.6. The van der Waals surface area contributed by atoms with E-state index >= 15 is 0 Å². The number of nitrogens with zero attached hydrogens (tertiary/aromatic N) is 1. The third-order valence-corrected chi connectivity index (χ3v) is 4.27. The quantitative estimate of drug-likeness (QED) is 0.772. The molecule has 0 saturated heterocycles. The molecular weight excluding hydrogens is 288 g/mol. The van der Waals surface area contributed by atoms with E-state index in [1.807, 2.05) is 6.07 Å². The maximum Gasteiger partial charge on any atom is 0.335 e. The van der Waals surface area contributed by atoms with Crippen LogP contribution in [0, 0.1) is 0 Å². The summed E-state index contributed by atoms with van der Waals surface area (Å²) in [5, 5.41) is 12.4. The summed E-state index contributed by atoms with van der Waals surface area (Å²) < 4.78 is 0. The summed E-state index contributed by atoms with van der Waals surface area (Å²) in [4.78, 5) is 13.4. The molecule has 0 bridgehead atoms. The highest BCUT2D eigenvalue weighted by Crippen LogP contribution is 2.27. The number of benzene rings is 2. The highest BCUT2D eigenvalue weighted by atomic mass is 16.4. The zero-order valence-corrected chi connectivity index (χ0v) is 13.2. The second-order valence-electron chi connectivity index (χ2n) is 5.90. The summed E-state index contributed by atoms with van der Waals surface area (Å²) in [5.41, 5.74) is 4.18. The van der Waals surface area contributed by atoms with Gasteiger partial charge in [-0.15, -0.1) is 0 Å². The van der Waals surface area contributed by atoms with Crippen LogP contribution in [0.25, 0.3) is 0 Å². The van der Waals surface area contributed by atoms with Crippen molar-refractivity contribution in [3.05, 3.63) is 65.2 Å². The van der Waals surface area contributed by atoms with E-state index in [4.69, 9.17) is 5.11 Å². The molecule has 4 nitrogen and oxygen atoms in total. The molecule has 0 aliphatic carbocycles. The Morgan fingerprint density at radius 3 is 2.91 bits per heavy atom. The molecule has 4 heteroatoms. The number of carboxylic acid groups (broad SMARTS) is 1. The number of fused-ring (bicyclic) bond motifs is 1. The molecule has 0 spiro atoms. The molecule has 1 aliphatic rings. The van der Waals surface area contributed by atoms with Crippen LogP contribution in [0.3, 0.4) is 0 Å². The zero-order chi connectivity index (χ0) is 16.1. The third kappa shape index (κ3) is 3.90. The number of para-hydroxylation sites is 1. The lowest BCUT2D eigenvalue weighted by molar-refractivity contribution is 0.0696. The summed E-state index contributed by atoms with van der Waals surface area (Å²) in [5.74, 6) is -0.875. The topological polar surface area (TPSA) is 52.6 Å². The Kier molecular flexibility index (Phi) is 4.93. The van der Waals surface area contributed by atoms with E-state index in [1.54, 1.807) is 18.2 Å². The number of carboxylic acids is 1. The Bertz CT molecular complexity index is 685. The van der Waals surface area contributed by atoms with Gasteiger partial charge < -0.3 is 15.3 Å². The highest BCUT2D eigenvalue weighted by molar-refractivity contribution is 5.87. The van der Waals surface area contributed by atoms with E-state index in [0.717, 1.165) is 38.0 Å². The molecule has 1 aliphatic heterocycles. The van der Waals surface area contributed by atoms with Gasteiger partial charge in [-0.2, -0.15) is 0 Å². The Hall–Kier alpha value is -2.33. The summed E-state index contributed by atoms with van der Waals surface area (Å²) >= 11 is 0. The molecule has 3 rings (SSSR count). The number of hydrogen-bond acceptors (Lipinski definition) is 3. The number of nitrogens with one attached hydrogen (secondary N) is 1. The molecule has 2 aromatic rings. The van der Waals surface area contributed by atoms with Gasteiger partial charge in [0.15, 0.2) is 0 Å². The van der Waals surface area contributed by atoms with Crippen LogP contribution in [-0.4, -0.2) is 30.7 Å². The van der Waals surface area contributed by atoms with E-state index in [1.165, 1.54) is 11.3 Å². The van der Waals surface area contributed by atoms with Crippen LogP contribution < -0.4 is 10.2 Å². The van der Waals surface area contributed by atoms with Crippen molar-refractivity contribution >= 4 is 11.7 Å². The van der Waals surface area contributed by atoms with Crippen LogP contribution in [0.5, 0.6) is 0 Å². The van der Waals surface area contributed by atoms with Gasteiger partial charge in [-0.05, 0) is 48.7 Å². The molecular formula is C19H22N2O2. The van der Waals surface area contributed by atoms with E-state index in [0.29, 0.717) is 12.1 Å². The fraction of sp³-hybridized carbons (Fsp3) is 0.316. The summed E-state index contributed by atoms with van der Waals surface area (Å²) in [6.07, 6.45) is 2.22. The van der Waals surface area contributed by atoms with Gasteiger partial charge in [0.05, 0.1) is 5.56 Å². The fourth-order valence-electron chi connectivity index (χ4n) is 3.08. The van der Waals surface area contributed by atoms with Gasteiger partial charge in [-0.25, -0.2) is 4.79 Å². The van der Waals surface area contributed by atoms with Crippen molar-refractivity contribution in [2.75, 3.05) is 24.5 Å². The van der Waals surface area contributed by atoms with Crippen LogP contribution in [0.15, 0.2) is 48.5 Å². The van der Waals surface area contributed by atoms with Crippen molar-refractivity contribution in [3.8, 4) is 0 Å². The lowest BCUT2D eigenvalue weighted by Gasteiger charge is -2.19. The number of hydrogen-bond donors (Lipinski definition) is 2. The molecule has 2 N–H and O–H groups in total. The molecule has 0 saturated carbocycles. The predicted molar refractivity (Wildman–Crippen MR) is 92.1 cm³/mol. The Labute approximate surface area is 136 Å². The van der Waals surface area contributed by atoms with Crippen molar-refractivity contribution in [2.24, 2.45) is 0 Å². The molecule has 2 aromatic carbocycles. The van der Waals surface area contributed by atoms with Crippen molar-refractivity contribution < 1.29 is 9.90 Å². The van der Waals surface area contributed by atoms with Gasteiger partial charge in [-0.3, -0.25) is 0 Å². The van der Waals surface area contributed by atoms with Gasteiger partial charge in [-0.1, -0.05) is 30.3 Å². The lowest BCUT2D eigenvalue weighted by atomic mass is 10.1. The van der Waals surface area contributed by atoms with Crippen molar-refractivity contribution in [1.82, 2.24) is 5.32 Å². The second-order valence-corrected chi connectivity index (χ2v) is 5.90. The maximum absolute atomic E-state index is 11.0. The first-order chi connectivity index (χ1) is 11.2. The van der Waals surface area contributed by atoms with Crippen LogP contribution in [0.4, 0.5) is 5.69 Å². The molecule has 0 amide bonds. The smallest absolute Gasteiger partial charge is 0.335 e. The molecule has 0 atom stereocenters. The molecule has 0 fully saturated rings. The predicted octanol–water partition coefficient (Wildman–Crippen LogP) is 2.93. The average molecular weight is 310 g/mol. The fourth-order valence-corrected chi connectivity index (χ4v) is 3.08. The van der Waals surface area contributed by atoms with Crippen molar-refractivity contribution in [2.45, 2.75) is 19.4 Å². The standard InChI is InChI=1S/C19H22N2O2/c22-19(23)17-7-3-5-15(13-17)14-20-10-4-11-21-12-9-16-6-1-2-8-18(16)21/h1-3,5-8,13,20H,4,9-12,14H2,(H,22,23). The molecule has 1 heterocycles. The zero-order valence-electron chi connectivity index (χ0n) is 13.2. The number of aromatic carboxylic acids is 1. The van der Waals surface area contributed by atoms with E-state index in [9.17, 15) is 4.79 Å². The maximum atomic E-state index is 11.0. The van der Waals surface area contributed by atoms with E-state index < -0.39 is 5.97 Å². The molecule has 0 aromatic heterocycles. The monoisotopic (exact) mass is 310 g/mol. The van der Waals surface area contributed by atoms with Crippen molar-refractivity contribution in [3.63, 3.8) is 0 Å². The third-order valence-electron chi connectivity index (χ3n) is 4.27. The largest absolute Gasteiger partial charge is 0.478 e. The lowest BCUT2D eigenvalue weighted by Crippen LogP contribution is -2.25. The minimum atomic E-state index is -0.875. The number of rotatable bonds is 7. The first-order valence-electron chi connectivity index (χ1n) is 8.10. The van der Waals surface area contributed by atoms with Crippen LogP contribution in [0.2, 0.25) is 0 Å². The molecule has 0 unspecified atom stereocenters. The molecule has 23 heavy (non-hydrogen) atoms. The van der Waals surface area contributed by atoms with Gasteiger partial charge >= 0.3 is 5.97 Å². The minimum absolute atomic E-state index is 0.345.